The van der Waals surface area contributed by atoms with E-state index >= 15 is 0 Å². The number of aromatic nitrogens is 1. The fraction of sp³-hybridized carbons (Fsp3) is 0.571. The third-order valence-corrected chi connectivity index (χ3v) is 3.63. The molecule has 1 atom stereocenters. The van der Waals surface area contributed by atoms with E-state index < -0.39 is 0 Å². The smallest absolute Gasteiger partial charge is 0.257 e. The summed E-state index contributed by atoms with van der Waals surface area (Å²) in [7, 11) is 1.83. The van der Waals surface area contributed by atoms with Crippen molar-refractivity contribution in [3.8, 4) is 0 Å². The second-order valence-corrected chi connectivity index (χ2v) is 4.87. The molecule has 0 saturated carbocycles. The maximum absolute atomic E-state index is 12.6. The molecule has 1 aromatic rings. The number of carbonyl (C=O) groups excluding carboxylic acids is 1. The molecule has 4 heteroatoms. The molecule has 98 valence electrons. The highest BCUT2D eigenvalue weighted by molar-refractivity contribution is 5.99. The van der Waals surface area contributed by atoms with E-state index in [0.29, 0.717) is 11.6 Å². The Bertz CT molecular complexity index is 419. The first kappa shape index (κ1) is 12.9. The van der Waals surface area contributed by atoms with Crippen molar-refractivity contribution in [2.75, 3.05) is 18.9 Å². The second kappa shape index (κ2) is 5.85. The lowest BCUT2D eigenvalue weighted by Crippen LogP contribution is -2.38. The predicted molar refractivity (Wildman–Crippen MR) is 72.8 cm³/mol. The van der Waals surface area contributed by atoms with Crippen LogP contribution in [0.15, 0.2) is 18.5 Å². The molecule has 1 amide bonds. The van der Waals surface area contributed by atoms with Crippen molar-refractivity contribution < 1.29 is 4.79 Å². The third-order valence-electron chi connectivity index (χ3n) is 3.63. The minimum atomic E-state index is 0.0989. The summed E-state index contributed by atoms with van der Waals surface area (Å²) in [6, 6.07) is 2.17. The number of rotatable bonds is 2. The SMILES string of the molecule is CNc1ccncc1C(=O)N1CCCCCC1C. The largest absolute Gasteiger partial charge is 0.387 e. The van der Waals surface area contributed by atoms with Crippen molar-refractivity contribution in [1.82, 2.24) is 9.88 Å². The number of likely N-dealkylation sites (tertiary alicyclic amines) is 1. The van der Waals surface area contributed by atoms with Gasteiger partial charge in [0.05, 0.1) is 5.56 Å². The highest BCUT2D eigenvalue weighted by Gasteiger charge is 2.24. The summed E-state index contributed by atoms with van der Waals surface area (Å²) in [6.07, 6.45) is 8.00. The van der Waals surface area contributed by atoms with E-state index in [2.05, 4.69) is 17.2 Å². The van der Waals surface area contributed by atoms with Gasteiger partial charge >= 0.3 is 0 Å². The van der Waals surface area contributed by atoms with Crippen molar-refractivity contribution in [2.45, 2.75) is 38.6 Å². The summed E-state index contributed by atoms with van der Waals surface area (Å²) in [5, 5.41) is 3.06. The van der Waals surface area contributed by atoms with E-state index in [9.17, 15) is 4.79 Å². The van der Waals surface area contributed by atoms with Gasteiger partial charge in [0, 0.05) is 37.7 Å². The van der Waals surface area contributed by atoms with Crippen LogP contribution in [0.2, 0.25) is 0 Å². The van der Waals surface area contributed by atoms with Crippen LogP contribution in [0.3, 0.4) is 0 Å². The number of hydrogen-bond donors (Lipinski definition) is 1. The highest BCUT2D eigenvalue weighted by Crippen LogP contribution is 2.21. The predicted octanol–water partition coefficient (Wildman–Crippen LogP) is 2.53. The van der Waals surface area contributed by atoms with Crippen LogP contribution in [0.4, 0.5) is 5.69 Å². The van der Waals surface area contributed by atoms with E-state index in [4.69, 9.17) is 0 Å². The molecule has 18 heavy (non-hydrogen) atoms. The van der Waals surface area contributed by atoms with E-state index in [1.165, 1.54) is 12.8 Å². The minimum Gasteiger partial charge on any atom is -0.387 e. The van der Waals surface area contributed by atoms with Gasteiger partial charge in [-0.05, 0) is 25.8 Å². The van der Waals surface area contributed by atoms with Crippen molar-refractivity contribution in [3.63, 3.8) is 0 Å². The normalized spacial score (nSPS) is 20.3. The zero-order valence-electron chi connectivity index (χ0n) is 11.1. The third kappa shape index (κ3) is 2.63. The van der Waals surface area contributed by atoms with Crippen LogP contribution >= 0.6 is 0 Å². The van der Waals surface area contributed by atoms with Gasteiger partial charge in [0.15, 0.2) is 0 Å². The lowest BCUT2D eigenvalue weighted by Gasteiger charge is -2.27. The van der Waals surface area contributed by atoms with Gasteiger partial charge in [0.25, 0.3) is 5.91 Å². The molecule has 0 bridgehead atoms. The molecule has 1 aliphatic rings. The number of nitrogens with one attached hydrogen (secondary N) is 1. The first-order valence-corrected chi connectivity index (χ1v) is 6.66. The maximum Gasteiger partial charge on any atom is 0.257 e. The first-order valence-electron chi connectivity index (χ1n) is 6.66. The van der Waals surface area contributed by atoms with Gasteiger partial charge < -0.3 is 10.2 Å². The Labute approximate surface area is 108 Å². The molecule has 0 aromatic carbocycles. The number of anilines is 1. The number of nitrogens with zero attached hydrogens (tertiary/aromatic N) is 2. The van der Waals surface area contributed by atoms with Gasteiger partial charge in [-0.25, -0.2) is 0 Å². The second-order valence-electron chi connectivity index (χ2n) is 4.87. The molecule has 0 radical (unpaired) electrons. The Morgan fingerprint density at radius 1 is 1.44 bits per heavy atom. The Balaban J connectivity index is 2.23. The summed E-state index contributed by atoms with van der Waals surface area (Å²) in [4.78, 5) is 18.6. The van der Waals surface area contributed by atoms with Crippen molar-refractivity contribution in [2.24, 2.45) is 0 Å². The summed E-state index contributed by atoms with van der Waals surface area (Å²) < 4.78 is 0. The van der Waals surface area contributed by atoms with E-state index in [0.717, 1.165) is 25.1 Å². The van der Waals surface area contributed by atoms with Crippen LogP contribution in [0, 0.1) is 0 Å². The average molecular weight is 247 g/mol. The molecule has 1 saturated heterocycles. The topological polar surface area (TPSA) is 45.2 Å². The molecule has 1 aliphatic heterocycles. The Hall–Kier alpha value is -1.58. The van der Waals surface area contributed by atoms with Crippen molar-refractivity contribution >= 4 is 11.6 Å². The summed E-state index contributed by atoms with van der Waals surface area (Å²) in [5.41, 5.74) is 1.53. The molecular weight excluding hydrogens is 226 g/mol. The van der Waals surface area contributed by atoms with E-state index in [1.54, 1.807) is 12.4 Å². The standard InChI is InChI=1S/C14H21N3O/c1-11-6-4-3-5-9-17(11)14(18)12-10-16-8-7-13(12)15-2/h7-8,10-11H,3-6,9H2,1-2H3,(H,15,16). The minimum absolute atomic E-state index is 0.0989. The van der Waals surface area contributed by atoms with Crippen LogP contribution < -0.4 is 5.32 Å². The van der Waals surface area contributed by atoms with Crippen LogP contribution in [-0.4, -0.2) is 35.4 Å². The number of carbonyl (C=O) groups is 1. The van der Waals surface area contributed by atoms with Crippen LogP contribution in [0.25, 0.3) is 0 Å². The van der Waals surface area contributed by atoms with Gasteiger partial charge in [0.1, 0.15) is 0 Å². The van der Waals surface area contributed by atoms with E-state index in [-0.39, 0.29) is 5.91 Å². The molecule has 0 spiro atoms. The van der Waals surface area contributed by atoms with Crippen molar-refractivity contribution in [1.29, 1.82) is 0 Å². The number of hydrogen-bond acceptors (Lipinski definition) is 3. The summed E-state index contributed by atoms with van der Waals surface area (Å²) in [5.74, 6) is 0.0989. The lowest BCUT2D eigenvalue weighted by molar-refractivity contribution is 0.0698. The number of amides is 1. The Morgan fingerprint density at radius 3 is 3.06 bits per heavy atom. The highest BCUT2D eigenvalue weighted by atomic mass is 16.2. The zero-order valence-corrected chi connectivity index (χ0v) is 11.1. The molecule has 1 fully saturated rings. The average Bonchev–Trinajstić information content (AvgIpc) is 2.62. The lowest BCUT2D eigenvalue weighted by atomic mass is 10.1. The van der Waals surface area contributed by atoms with Gasteiger partial charge in [-0.3, -0.25) is 9.78 Å². The van der Waals surface area contributed by atoms with Gasteiger partial charge in [-0.15, -0.1) is 0 Å². The molecule has 2 heterocycles. The Morgan fingerprint density at radius 2 is 2.28 bits per heavy atom. The molecule has 2 rings (SSSR count). The van der Waals surface area contributed by atoms with Crippen LogP contribution in [0.1, 0.15) is 43.0 Å². The molecule has 0 aliphatic carbocycles. The summed E-state index contributed by atoms with van der Waals surface area (Å²) in [6.45, 7) is 3.00. The molecule has 1 unspecified atom stereocenters. The summed E-state index contributed by atoms with van der Waals surface area (Å²) >= 11 is 0. The van der Waals surface area contributed by atoms with Gasteiger partial charge in [0.2, 0.25) is 0 Å². The molecule has 1 aromatic heterocycles. The fourth-order valence-electron chi connectivity index (χ4n) is 2.51. The van der Waals surface area contributed by atoms with E-state index in [1.807, 2.05) is 18.0 Å². The van der Waals surface area contributed by atoms with Crippen molar-refractivity contribution in [3.05, 3.63) is 24.0 Å². The van der Waals surface area contributed by atoms with Gasteiger partial charge in [-0.1, -0.05) is 12.8 Å². The monoisotopic (exact) mass is 247 g/mol. The Kier molecular flexibility index (Phi) is 4.18. The van der Waals surface area contributed by atoms with Crippen LogP contribution in [-0.2, 0) is 0 Å². The van der Waals surface area contributed by atoms with Crippen LogP contribution in [0.5, 0.6) is 0 Å². The number of pyridine rings is 1. The fourth-order valence-corrected chi connectivity index (χ4v) is 2.51. The first-order chi connectivity index (χ1) is 8.74. The van der Waals surface area contributed by atoms with Gasteiger partial charge in [-0.2, -0.15) is 0 Å². The quantitative estimate of drug-likeness (QED) is 0.873. The maximum atomic E-state index is 12.6. The molecule has 1 N–H and O–H groups in total. The zero-order chi connectivity index (χ0) is 13.0. The molecular formula is C14H21N3O. The molecule has 4 nitrogen and oxygen atoms in total.